The summed E-state index contributed by atoms with van der Waals surface area (Å²) in [5.74, 6) is 1.67. The van der Waals surface area contributed by atoms with Crippen molar-refractivity contribution in [2.24, 2.45) is 0 Å². The summed E-state index contributed by atoms with van der Waals surface area (Å²) in [7, 11) is -8.26. The van der Waals surface area contributed by atoms with E-state index in [2.05, 4.69) is 67.7 Å². The molecule has 2 aromatic carbocycles. The van der Waals surface area contributed by atoms with E-state index >= 15 is 0 Å². The molecule has 0 spiro atoms. The SMILES string of the molecule is CC(C)(C)[Si](C)(C)Oc1ccc(OS(=O)(=O)Oc2ccc(O[Si](C)(C)C(C)(C)C)cc2)cc1. The summed E-state index contributed by atoms with van der Waals surface area (Å²) in [6, 6.07) is 13.0. The lowest BCUT2D eigenvalue weighted by Gasteiger charge is -2.36. The van der Waals surface area contributed by atoms with Crippen LogP contribution in [-0.2, 0) is 10.4 Å². The fourth-order valence-electron chi connectivity index (χ4n) is 2.27. The first kappa shape index (κ1) is 27.3. The van der Waals surface area contributed by atoms with E-state index in [1.165, 1.54) is 0 Å². The number of hydrogen-bond donors (Lipinski definition) is 0. The zero-order chi connectivity index (χ0) is 25.3. The second-order valence-corrected chi connectivity index (χ2v) is 21.8. The van der Waals surface area contributed by atoms with Crippen molar-refractivity contribution in [1.29, 1.82) is 0 Å². The minimum absolute atomic E-state index is 0.0601. The Morgan fingerprint density at radius 3 is 1.03 bits per heavy atom. The van der Waals surface area contributed by atoms with Gasteiger partial charge >= 0.3 is 10.4 Å². The zero-order valence-corrected chi connectivity index (χ0v) is 24.3. The van der Waals surface area contributed by atoms with Crippen LogP contribution in [-0.4, -0.2) is 25.1 Å². The molecule has 0 saturated heterocycles. The van der Waals surface area contributed by atoms with E-state index in [9.17, 15) is 8.42 Å². The van der Waals surface area contributed by atoms with Crippen molar-refractivity contribution in [3.05, 3.63) is 48.5 Å². The molecule has 184 valence electrons. The number of hydrogen-bond acceptors (Lipinski definition) is 6. The smallest absolute Gasteiger partial charge is 0.500 e. The molecule has 2 rings (SSSR count). The van der Waals surface area contributed by atoms with Gasteiger partial charge in [0.05, 0.1) is 0 Å². The number of rotatable bonds is 8. The minimum Gasteiger partial charge on any atom is -0.543 e. The molecule has 0 aromatic heterocycles. The van der Waals surface area contributed by atoms with Crippen LogP contribution in [0, 0.1) is 0 Å². The zero-order valence-electron chi connectivity index (χ0n) is 21.5. The van der Waals surface area contributed by atoms with Gasteiger partial charge in [-0.25, -0.2) is 0 Å². The Kier molecular flexibility index (Phi) is 7.72. The maximum atomic E-state index is 12.4. The standard InChI is InChI=1S/C24H38O6SSi2/c1-23(2,3)32(7,8)29-21-15-11-19(12-16-21)27-31(25,26)28-20-13-17-22(18-14-20)30-33(9,10)24(4,5)6/h11-18H,1-10H3. The van der Waals surface area contributed by atoms with E-state index in [1.807, 2.05) is 0 Å². The molecular weight excluding hydrogens is 472 g/mol. The van der Waals surface area contributed by atoms with Gasteiger partial charge in [-0.15, -0.1) is 8.42 Å². The van der Waals surface area contributed by atoms with Crippen LogP contribution in [0.2, 0.25) is 36.3 Å². The van der Waals surface area contributed by atoms with Gasteiger partial charge in [0, 0.05) is 0 Å². The normalized spacial score (nSPS) is 13.4. The van der Waals surface area contributed by atoms with E-state index in [1.54, 1.807) is 48.5 Å². The highest BCUT2D eigenvalue weighted by Crippen LogP contribution is 2.38. The van der Waals surface area contributed by atoms with Gasteiger partial charge in [0.25, 0.3) is 0 Å². The molecule has 0 N–H and O–H groups in total. The second-order valence-electron chi connectivity index (χ2n) is 11.2. The van der Waals surface area contributed by atoms with E-state index in [4.69, 9.17) is 17.2 Å². The molecule has 6 nitrogen and oxygen atoms in total. The molecule has 0 fully saturated rings. The van der Waals surface area contributed by atoms with E-state index < -0.39 is 27.0 Å². The molecule has 0 radical (unpaired) electrons. The largest absolute Gasteiger partial charge is 0.543 e. The van der Waals surface area contributed by atoms with Crippen LogP contribution in [0.15, 0.2) is 48.5 Å². The Morgan fingerprint density at radius 1 is 0.545 bits per heavy atom. The minimum atomic E-state index is -4.29. The van der Waals surface area contributed by atoms with Gasteiger partial charge in [0.15, 0.2) is 0 Å². The molecule has 2 aromatic rings. The highest BCUT2D eigenvalue weighted by molar-refractivity contribution is 7.82. The summed E-state index contributed by atoms with van der Waals surface area (Å²) in [5, 5.41) is 0.120. The van der Waals surface area contributed by atoms with Gasteiger partial charge in [-0.2, -0.15) is 0 Å². The lowest BCUT2D eigenvalue weighted by Crippen LogP contribution is -2.43. The second kappa shape index (κ2) is 9.34. The summed E-state index contributed by atoms with van der Waals surface area (Å²) in [4.78, 5) is 0. The van der Waals surface area contributed by atoms with Crippen LogP contribution >= 0.6 is 0 Å². The average Bonchev–Trinajstić information content (AvgIpc) is 2.62. The molecule has 0 aliphatic carbocycles. The third kappa shape index (κ3) is 7.51. The highest BCUT2D eigenvalue weighted by atomic mass is 32.3. The molecule has 33 heavy (non-hydrogen) atoms. The Labute approximate surface area is 201 Å². The quantitative estimate of drug-likeness (QED) is 0.351. The van der Waals surface area contributed by atoms with Crippen LogP contribution < -0.4 is 17.2 Å². The monoisotopic (exact) mass is 510 g/mol. The molecule has 0 bridgehead atoms. The van der Waals surface area contributed by atoms with Gasteiger partial charge in [-0.1, -0.05) is 41.5 Å². The molecule has 0 aliphatic rings. The summed E-state index contributed by atoms with van der Waals surface area (Å²) >= 11 is 0. The molecular formula is C24H38O6SSi2. The third-order valence-corrected chi connectivity index (χ3v) is 15.9. The molecule has 0 aliphatic heterocycles. The van der Waals surface area contributed by atoms with Crippen molar-refractivity contribution in [3.63, 3.8) is 0 Å². The summed E-state index contributed by atoms with van der Waals surface area (Å²) in [6.45, 7) is 21.6. The molecule has 0 unspecified atom stereocenters. The van der Waals surface area contributed by atoms with Crippen LogP contribution in [0.3, 0.4) is 0 Å². The van der Waals surface area contributed by atoms with E-state index in [0.717, 1.165) is 0 Å². The van der Waals surface area contributed by atoms with E-state index in [0.29, 0.717) is 11.5 Å². The topological polar surface area (TPSA) is 71.1 Å². The maximum absolute atomic E-state index is 12.4. The van der Waals surface area contributed by atoms with Crippen molar-refractivity contribution in [2.75, 3.05) is 0 Å². The molecule has 0 amide bonds. The molecule has 0 saturated carbocycles. The third-order valence-electron chi connectivity index (χ3n) is 6.40. The highest BCUT2D eigenvalue weighted by Gasteiger charge is 2.39. The van der Waals surface area contributed by atoms with Crippen LogP contribution in [0.5, 0.6) is 23.0 Å². The maximum Gasteiger partial charge on any atom is 0.500 e. The van der Waals surface area contributed by atoms with Crippen molar-refractivity contribution in [1.82, 2.24) is 0 Å². The van der Waals surface area contributed by atoms with E-state index in [-0.39, 0.29) is 21.6 Å². The lowest BCUT2D eigenvalue weighted by atomic mass is 10.2. The molecule has 0 heterocycles. The predicted molar refractivity (Wildman–Crippen MR) is 139 cm³/mol. The van der Waals surface area contributed by atoms with Gasteiger partial charge in [-0.3, -0.25) is 0 Å². The number of benzene rings is 2. The average molecular weight is 511 g/mol. The van der Waals surface area contributed by atoms with Crippen molar-refractivity contribution < 1.29 is 25.6 Å². The van der Waals surface area contributed by atoms with Crippen molar-refractivity contribution in [2.45, 2.75) is 77.8 Å². The fraction of sp³-hybridized carbons (Fsp3) is 0.500. The first-order valence-electron chi connectivity index (χ1n) is 11.0. The molecule has 9 heteroatoms. The Bertz CT molecular complexity index is 953. The first-order chi connectivity index (χ1) is 14.8. The molecule has 0 atom stereocenters. The summed E-state index contributed by atoms with van der Waals surface area (Å²) in [5.41, 5.74) is 0. The van der Waals surface area contributed by atoms with Gasteiger partial charge < -0.3 is 17.2 Å². The summed E-state index contributed by atoms with van der Waals surface area (Å²) in [6.07, 6.45) is 0. The van der Waals surface area contributed by atoms with Crippen LogP contribution in [0.4, 0.5) is 0 Å². The Morgan fingerprint density at radius 2 is 0.788 bits per heavy atom. The summed E-state index contributed by atoms with van der Waals surface area (Å²) < 4.78 is 47.3. The van der Waals surface area contributed by atoms with Crippen molar-refractivity contribution in [3.8, 4) is 23.0 Å². The Balaban J connectivity index is 2.03. The van der Waals surface area contributed by atoms with Gasteiger partial charge in [-0.05, 0) is 84.8 Å². The first-order valence-corrected chi connectivity index (χ1v) is 18.2. The van der Waals surface area contributed by atoms with Crippen LogP contribution in [0.1, 0.15) is 41.5 Å². The lowest BCUT2D eigenvalue weighted by molar-refractivity contribution is 0.391. The van der Waals surface area contributed by atoms with Gasteiger partial charge in [0.2, 0.25) is 16.6 Å². The Hall–Kier alpha value is -1.98. The van der Waals surface area contributed by atoms with Crippen LogP contribution in [0.25, 0.3) is 0 Å². The van der Waals surface area contributed by atoms with Crippen molar-refractivity contribution >= 4 is 27.0 Å². The predicted octanol–water partition coefficient (Wildman–Crippen LogP) is 7.16. The van der Waals surface area contributed by atoms with Gasteiger partial charge in [0.1, 0.15) is 23.0 Å². The fourth-order valence-corrected chi connectivity index (χ4v) is 5.07.